The molecule has 5 fully saturated rings. The molecule has 1 saturated heterocycles. The molecule has 0 bridgehead atoms. The topological polar surface area (TPSA) is 148 Å². The van der Waals surface area contributed by atoms with Crippen molar-refractivity contribution in [3.63, 3.8) is 0 Å². The monoisotopic (exact) mass is 548 g/mol. The summed E-state index contributed by atoms with van der Waals surface area (Å²) in [5, 5.41) is 68.3. The molecule has 1 heterocycles. The van der Waals surface area contributed by atoms with Crippen LogP contribution in [0.5, 0.6) is 0 Å². The Morgan fingerprint density at radius 1 is 1.00 bits per heavy atom. The normalized spacial score (nSPS) is 58.8. The number of ether oxygens (including phenoxy) is 1. The number of hydrogen-bond acceptors (Lipinski definition) is 8. The van der Waals surface area contributed by atoms with Crippen molar-refractivity contribution in [1.82, 2.24) is 0 Å². The van der Waals surface area contributed by atoms with E-state index in [9.17, 15) is 35.4 Å². The average Bonchev–Trinajstić information content (AvgIpc) is 3.20. The zero-order valence-electron chi connectivity index (χ0n) is 23.8. The smallest absolute Gasteiger partial charge is 0.159 e. The van der Waals surface area contributed by atoms with Crippen molar-refractivity contribution in [1.29, 1.82) is 0 Å². The molecule has 0 aromatic rings. The Bertz CT molecular complexity index is 1060. The van der Waals surface area contributed by atoms with Crippen LogP contribution in [-0.2, 0) is 9.53 Å². The standard InChI is InChI=1S/C31H48O8/c1-16-6-5-8-31(26(36)17(16)2)29(37,10-11-32)25-24(39-31)15-30(38)19-12-21(33)20-13-22(34)23(35)14-27(20,3)18(19)7-9-28(25,30)4/h12,16-18,20,22-26,32,34-38H,5-11,13-15H2,1-4H3. The second-order valence-electron chi connectivity index (χ2n) is 14.8. The summed E-state index contributed by atoms with van der Waals surface area (Å²) in [5.41, 5.74) is -4.94. The highest BCUT2D eigenvalue weighted by atomic mass is 16.6. The summed E-state index contributed by atoms with van der Waals surface area (Å²) in [6.07, 6.45) is 2.55. The van der Waals surface area contributed by atoms with E-state index in [1.165, 1.54) is 0 Å². The third-order valence-electron chi connectivity index (χ3n) is 13.3. The molecule has 1 spiro atoms. The molecule has 0 radical (unpaired) electrons. The largest absolute Gasteiger partial charge is 0.396 e. The van der Waals surface area contributed by atoms with Gasteiger partial charge in [-0.1, -0.05) is 40.5 Å². The minimum atomic E-state index is -1.55. The van der Waals surface area contributed by atoms with Gasteiger partial charge < -0.3 is 35.4 Å². The third kappa shape index (κ3) is 3.34. The van der Waals surface area contributed by atoms with Crippen LogP contribution >= 0.6 is 0 Å². The lowest BCUT2D eigenvalue weighted by molar-refractivity contribution is -0.232. The van der Waals surface area contributed by atoms with Gasteiger partial charge >= 0.3 is 0 Å². The van der Waals surface area contributed by atoms with Gasteiger partial charge in [0, 0.05) is 36.7 Å². The summed E-state index contributed by atoms with van der Waals surface area (Å²) in [5.74, 6) is -1.02. The van der Waals surface area contributed by atoms with Crippen LogP contribution in [0.25, 0.3) is 0 Å². The number of rotatable bonds is 2. The van der Waals surface area contributed by atoms with Crippen LogP contribution in [0.4, 0.5) is 0 Å². The Balaban J connectivity index is 1.43. The second kappa shape index (κ2) is 8.82. The van der Waals surface area contributed by atoms with Crippen molar-refractivity contribution in [2.24, 2.45) is 40.4 Å². The van der Waals surface area contributed by atoms with Crippen molar-refractivity contribution < 1.29 is 40.2 Å². The zero-order valence-corrected chi connectivity index (χ0v) is 23.8. The molecule has 8 heteroatoms. The van der Waals surface area contributed by atoms with Gasteiger partial charge in [0.15, 0.2) is 5.78 Å². The van der Waals surface area contributed by atoms with Crippen LogP contribution in [0.15, 0.2) is 11.6 Å². The zero-order chi connectivity index (χ0) is 28.3. The summed E-state index contributed by atoms with van der Waals surface area (Å²) < 4.78 is 6.83. The van der Waals surface area contributed by atoms with Crippen molar-refractivity contribution in [2.75, 3.05) is 6.61 Å². The maximum Gasteiger partial charge on any atom is 0.159 e. The highest BCUT2D eigenvalue weighted by molar-refractivity contribution is 5.95. The highest BCUT2D eigenvalue weighted by Gasteiger charge is 2.79. The predicted molar refractivity (Wildman–Crippen MR) is 142 cm³/mol. The lowest BCUT2D eigenvalue weighted by atomic mass is 9.45. The van der Waals surface area contributed by atoms with Crippen LogP contribution in [0.3, 0.4) is 0 Å². The van der Waals surface area contributed by atoms with Crippen LogP contribution < -0.4 is 0 Å². The van der Waals surface area contributed by atoms with E-state index in [1.807, 2.05) is 20.8 Å². The summed E-state index contributed by atoms with van der Waals surface area (Å²) >= 11 is 0. The van der Waals surface area contributed by atoms with Crippen molar-refractivity contribution in [3.05, 3.63) is 11.6 Å². The van der Waals surface area contributed by atoms with E-state index in [-0.39, 0.29) is 49.4 Å². The number of hydrogen-bond donors (Lipinski definition) is 6. The predicted octanol–water partition coefficient (Wildman–Crippen LogP) is 1.87. The molecule has 0 aromatic heterocycles. The molecule has 0 aromatic carbocycles. The van der Waals surface area contributed by atoms with Gasteiger partial charge in [-0.05, 0) is 66.9 Å². The van der Waals surface area contributed by atoms with E-state index in [1.54, 1.807) is 6.08 Å². The van der Waals surface area contributed by atoms with Gasteiger partial charge in [0.05, 0.1) is 30.0 Å². The number of carbonyl (C=O) groups is 1. The first-order valence-corrected chi connectivity index (χ1v) is 15.2. The number of allylic oxidation sites excluding steroid dienone is 1. The molecular formula is C31H48O8. The second-order valence-corrected chi connectivity index (χ2v) is 14.8. The van der Waals surface area contributed by atoms with Gasteiger partial charge in [0.2, 0.25) is 0 Å². The first kappa shape index (κ1) is 28.3. The Kier molecular flexibility index (Phi) is 6.39. The molecule has 14 unspecified atom stereocenters. The maximum absolute atomic E-state index is 13.5. The molecular weight excluding hydrogens is 500 g/mol. The third-order valence-corrected chi connectivity index (χ3v) is 13.3. The molecule has 5 aliphatic carbocycles. The molecule has 220 valence electrons. The van der Waals surface area contributed by atoms with E-state index in [4.69, 9.17) is 4.74 Å². The number of fused-ring (bicyclic) bond motifs is 7. The average molecular weight is 549 g/mol. The van der Waals surface area contributed by atoms with Gasteiger partial charge in [-0.3, -0.25) is 4.79 Å². The number of carbonyl (C=O) groups excluding carboxylic acids is 1. The van der Waals surface area contributed by atoms with Crippen molar-refractivity contribution in [2.45, 2.75) is 127 Å². The number of aliphatic hydroxyl groups is 6. The maximum atomic E-state index is 13.5. The summed E-state index contributed by atoms with van der Waals surface area (Å²) in [6.45, 7) is 7.87. The van der Waals surface area contributed by atoms with E-state index >= 15 is 0 Å². The van der Waals surface area contributed by atoms with E-state index in [0.29, 0.717) is 31.3 Å². The first-order chi connectivity index (χ1) is 18.2. The summed E-state index contributed by atoms with van der Waals surface area (Å²) in [4.78, 5) is 13.5. The van der Waals surface area contributed by atoms with Gasteiger partial charge in [0.25, 0.3) is 0 Å². The lowest BCUT2D eigenvalue weighted by Gasteiger charge is -2.61. The molecule has 6 N–H and O–H groups in total. The minimum absolute atomic E-state index is 0.0449. The Morgan fingerprint density at radius 3 is 2.41 bits per heavy atom. The Morgan fingerprint density at radius 2 is 1.72 bits per heavy atom. The SMILES string of the molecule is CC1CCCC2(OC3CC4(O)C5=CC(=O)C6CC(O)C(O)CC6(C)C5CCC4(C)C3C2(O)CCO)C(O)C1C. The molecule has 39 heavy (non-hydrogen) atoms. The molecule has 6 rings (SSSR count). The van der Waals surface area contributed by atoms with Crippen LogP contribution in [-0.4, -0.2) is 84.2 Å². The first-order valence-electron chi connectivity index (χ1n) is 15.2. The molecule has 0 amide bonds. The van der Waals surface area contributed by atoms with Crippen LogP contribution in [0.2, 0.25) is 0 Å². The quantitative estimate of drug-likeness (QED) is 0.307. The van der Waals surface area contributed by atoms with E-state index < -0.39 is 63.9 Å². The van der Waals surface area contributed by atoms with Gasteiger partial charge in [-0.15, -0.1) is 0 Å². The minimum Gasteiger partial charge on any atom is -0.396 e. The van der Waals surface area contributed by atoms with Gasteiger partial charge in [-0.2, -0.15) is 0 Å². The fourth-order valence-electron chi connectivity index (χ4n) is 10.9. The molecule has 4 saturated carbocycles. The van der Waals surface area contributed by atoms with Crippen LogP contribution in [0, 0.1) is 40.4 Å². The fourth-order valence-corrected chi connectivity index (χ4v) is 10.9. The van der Waals surface area contributed by atoms with Crippen molar-refractivity contribution >= 4 is 5.78 Å². The molecule has 14 atom stereocenters. The summed E-state index contributed by atoms with van der Waals surface area (Å²) in [6, 6.07) is 0. The number of ketones is 1. The van der Waals surface area contributed by atoms with Crippen LogP contribution in [0.1, 0.15) is 85.5 Å². The molecule has 8 nitrogen and oxygen atoms in total. The van der Waals surface area contributed by atoms with E-state index in [2.05, 4.69) is 6.92 Å². The number of aliphatic hydroxyl groups excluding tert-OH is 4. The Labute approximate surface area is 231 Å². The summed E-state index contributed by atoms with van der Waals surface area (Å²) in [7, 11) is 0. The van der Waals surface area contributed by atoms with Gasteiger partial charge in [-0.25, -0.2) is 0 Å². The van der Waals surface area contributed by atoms with E-state index in [0.717, 1.165) is 12.8 Å². The highest BCUT2D eigenvalue weighted by Crippen LogP contribution is 2.73. The molecule has 6 aliphatic rings. The van der Waals surface area contributed by atoms with Crippen molar-refractivity contribution in [3.8, 4) is 0 Å². The fraction of sp³-hybridized carbons (Fsp3) is 0.903. The van der Waals surface area contributed by atoms with Gasteiger partial charge in [0.1, 0.15) is 11.2 Å². The lowest BCUT2D eigenvalue weighted by Crippen LogP contribution is -2.67. The Hall–Kier alpha value is -0.870. The molecule has 1 aliphatic heterocycles.